The minimum absolute atomic E-state index is 0.0246. The van der Waals surface area contributed by atoms with E-state index < -0.39 is 42.1 Å². The molecule has 1 aliphatic heterocycles. The van der Waals surface area contributed by atoms with Gasteiger partial charge in [0, 0.05) is 23.5 Å². The van der Waals surface area contributed by atoms with Gasteiger partial charge in [-0.2, -0.15) is 0 Å². The van der Waals surface area contributed by atoms with E-state index in [1.165, 1.54) is 4.68 Å². The second kappa shape index (κ2) is 10.8. The lowest BCUT2D eigenvalue weighted by Crippen LogP contribution is -2.49. The minimum Gasteiger partial charge on any atom is -0.480 e. The van der Waals surface area contributed by atoms with Crippen molar-refractivity contribution in [2.24, 2.45) is 5.92 Å². The van der Waals surface area contributed by atoms with Crippen molar-refractivity contribution >= 4 is 11.8 Å². The van der Waals surface area contributed by atoms with E-state index >= 15 is 0 Å². The molecule has 1 aliphatic rings. The summed E-state index contributed by atoms with van der Waals surface area (Å²) in [6, 6.07) is 16.4. The van der Waals surface area contributed by atoms with E-state index in [0.29, 0.717) is 11.3 Å². The highest BCUT2D eigenvalue weighted by Crippen LogP contribution is 2.27. The number of rotatable bonds is 9. The number of aliphatic carboxylic acids is 1. The molecule has 0 amide bonds. The van der Waals surface area contributed by atoms with Gasteiger partial charge in [0.15, 0.2) is 5.78 Å². The Morgan fingerprint density at radius 3 is 2.44 bits per heavy atom. The molecule has 4 N–H and O–H groups in total. The van der Waals surface area contributed by atoms with Crippen LogP contribution in [0.4, 0.5) is 0 Å². The maximum absolute atomic E-state index is 12.4. The first-order chi connectivity index (χ1) is 17.2. The van der Waals surface area contributed by atoms with Gasteiger partial charge in [-0.15, -0.1) is 5.10 Å². The third kappa shape index (κ3) is 5.68. The largest absolute Gasteiger partial charge is 0.480 e. The molecule has 188 valence electrons. The summed E-state index contributed by atoms with van der Waals surface area (Å²) in [6.45, 7) is 1.46. The van der Waals surface area contributed by atoms with Crippen LogP contribution in [-0.4, -0.2) is 71.6 Å². The highest BCUT2D eigenvalue weighted by atomic mass is 16.5. The minimum atomic E-state index is -1.48. The van der Waals surface area contributed by atoms with E-state index in [1.807, 2.05) is 42.5 Å². The predicted molar refractivity (Wildman–Crippen MR) is 128 cm³/mol. The maximum atomic E-state index is 12.4. The van der Waals surface area contributed by atoms with E-state index in [9.17, 15) is 24.9 Å². The molecule has 0 bridgehead atoms. The van der Waals surface area contributed by atoms with E-state index in [4.69, 9.17) is 9.84 Å². The van der Waals surface area contributed by atoms with Gasteiger partial charge in [-0.1, -0.05) is 66.7 Å². The van der Waals surface area contributed by atoms with Gasteiger partial charge in [-0.25, -0.2) is 9.48 Å². The molecule has 5 atom stereocenters. The Kier molecular flexibility index (Phi) is 7.58. The van der Waals surface area contributed by atoms with Gasteiger partial charge >= 0.3 is 5.97 Å². The molecular formula is C26H27N3O7. The Hall–Kier alpha value is -3.86. The lowest BCUT2D eigenvalue weighted by atomic mass is 9.89. The average Bonchev–Trinajstić information content (AvgIpc) is 3.34. The SMILES string of the molecule is C[C@H]1C(C(O)C(O)Cn2cc(-c3ccc(CC(=O)c4ccccc4)cc3)nn2)OC(C(=O)O)=C[C@H]1O. The van der Waals surface area contributed by atoms with Crippen molar-refractivity contribution in [3.63, 3.8) is 0 Å². The van der Waals surface area contributed by atoms with Crippen molar-refractivity contribution in [3.05, 3.63) is 83.8 Å². The topological polar surface area (TPSA) is 155 Å². The number of aliphatic hydroxyl groups excluding tert-OH is 3. The number of ketones is 1. The number of carbonyl (C=O) groups is 2. The van der Waals surface area contributed by atoms with Gasteiger partial charge < -0.3 is 25.2 Å². The van der Waals surface area contributed by atoms with Crippen molar-refractivity contribution < 1.29 is 34.8 Å². The summed E-state index contributed by atoms with van der Waals surface area (Å²) in [6.07, 6.45) is -2.17. The first-order valence-electron chi connectivity index (χ1n) is 11.5. The number of hydrogen-bond acceptors (Lipinski definition) is 8. The summed E-state index contributed by atoms with van der Waals surface area (Å²) in [5.74, 6) is -2.47. The molecule has 2 aromatic carbocycles. The first-order valence-corrected chi connectivity index (χ1v) is 11.5. The molecule has 36 heavy (non-hydrogen) atoms. The molecular weight excluding hydrogens is 466 g/mol. The molecule has 0 fully saturated rings. The monoisotopic (exact) mass is 493 g/mol. The number of carbonyl (C=O) groups excluding carboxylic acids is 1. The number of carboxylic acid groups (broad SMARTS) is 1. The van der Waals surface area contributed by atoms with Gasteiger partial charge in [0.2, 0.25) is 5.76 Å². The third-order valence-electron chi connectivity index (χ3n) is 6.21. The number of benzene rings is 2. The summed E-state index contributed by atoms with van der Waals surface area (Å²) < 4.78 is 6.67. The van der Waals surface area contributed by atoms with Crippen molar-refractivity contribution in [1.29, 1.82) is 0 Å². The summed E-state index contributed by atoms with van der Waals surface area (Å²) in [5.41, 5.74) is 2.81. The molecule has 0 saturated heterocycles. The van der Waals surface area contributed by atoms with Crippen LogP contribution in [0.5, 0.6) is 0 Å². The lowest BCUT2D eigenvalue weighted by Gasteiger charge is -2.36. The molecule has 10 heteroatoms. The van der Waals surface area contributed by atoms with Crippen molar-refractivity contribution in [2.45, 2.75) is 44.3 Å². The Morgan fingerprint density at radius 1 is 1.08 bits per heavy atom. The summed E-state index contributed by atoms with van der Waals surface area (Å²) in [4.78, 5) is 23.6. The van der Waals surface area contributed by atoms with E-state index in [1.54, 1.807) is 25.3 Å². The first kappa shape index (κ1) is 25.2. The molecule has 3 aromatic rings. The number of Topliss-reactive ketones (excluding diaryl/α,β-unsaturated/α-hetero) is 1. The fraction of sp³-hybridized carbons (Fsp3) is 0.308. The van der Waals surface area contributed by atoms with E-state index in [-0.39, 0.29) is 18.7 Å². The van der Waals surface area contributed by atoms with Crippen molar-refractivity contribution in [2.75, 3.05) is 0 Å². The summed E-state index contributed by atoms with van der Waals surface area (Å²) in [5, 5.41) is 48.5. The van der Waals surface area contributed by atoms with Crippen LogP contribution in [-0.2, 0) is 22.5 Å². The molecule has 2 heterocycles. The molecule has 3 unspecified atom stereocenters. The second-order valence-corrected chi connectivity index (χ2v) is 8.81. The van der Waals surface area contributed by atoms with Crippen LogP contribution in [0, 0.1) is 5.92 Å². The summed E-state index contributed by atoms with van der Waals surface area (Å²) >= 11 is 0. The number of hydrogen-bond donors (Lipinski definition) is 4. The fourth-order valence-corrected chi connectivity index (χ4v) is 4.04. The fourth-order valence-electron chi connectivity index (χ4n) is 4.04. The van der Waals surface area contributed by atoms with Crippen molar-refractivity contribution in [3.8, 4) is 11.3 Å². The maximum Gasteiger partial charge on any atom is 0.370 e. The Bertz CT molecular complexity index is 1240. The number of aliphatic hydroxyl groups is 3. The van der Waals surface area contributed by atoms with E-state index in [2.05, 4.69) is 10.3 Å². The predicted octanol–water partition coefficient (Wildman–Crippen LogP) is 1.46. The molecule has 0 aliphatic carbocycles. The van der Waals surface area contributed by atoms with Crippen molar-refractivity contribution in [1.82, 2.24) is 15.0 Å². The zero-order valence-electron chi connectivity index (χ0n) is 19.5. The number of nitrogens with zero attached hydrogens (tertiary/aromatic N) is 3. The van der Waals surface area contributed by atoms with Gasteiger partial charge in [0.25, 0.3) is 0 Å². The summed E-state index contributed by atoms with van der Waals surface area (Å²) in [7, 11) is 0. The standard InChI is InChI=1S/C26H27N3O7/c1-15-20(30)12-23(26(34)35)36-25(15)24(33)22(32)14-29-13-19(27-28-29)17-9-7-16(8-10-17)11-21(31)18-5-3-2-4-6-18/h2-10,12-13,15,20,22,24-25,30,32-33H,11,14H2,1H3,(H,34,35)/t15-,20-,22?,24?,25?/m1/s1. The molecule has 0 saturated carbocycles. The quantitative estimate of drug-likeness (QED) is 0.324. The van der Waals surface area contributed by atoms with Gasteiger partial charge in [-0.05, 0) is 11.6 Å². The number of aromatic nitrogens is 3. The van der Waals surface area contributed by atoms with Crippen LogP contribution in [0.15, 0.2) is 72.6 Å². The third-order valence-corrected chi connectivity index (χ3v) is 6.21. The normalized spacial score (nSPS) is 21.2. The second-order valence-electron chi connectivity index (χ2n) is 8.81. The average molecular weight is 494 g/mol. The molecule has 4 rings (SSSR count). The smallest absolute Gasteiger partial charge is 0.370 e. The van der Waals surface area contributed by atoms with Gasteiger partial charge in [0.1, 0.15) is 24.0 Å². The highest BCUT2D eigenvalue weighted by Gasteiger charge is 2.40. The molecule has 10 nitrogen and oxygen atoms in total. The highest BCUT2D eigenvalue weighted by molar-refractivity contribution is 5.97. The molecule has 1 aromatic heterocycles. The van der Waals surface area contributed by atoms with Crippen LogP contribution in [0.2, 0.25) is 0 Å². The zero-order valence-corrected chi connectivity index (χ0v) is 19.5. The Morgan fingerprint density at radius 2 is 1.78 bits per heavy atom. The van der Waals surface area contributed by atoms with Crippen LogP contribution in [0.1, 0.15) is 22.8 Å². The van der Waals surface area contributed by atoms with Crippen LogP contribution >= 0.6 is 0 Å². The lowest BCUT2D eigenvalue weighted by molar-refractivity contribution is -0.150. The molecule has 0 radical (unpaired) electrons. The zero-order chi connectivity index (χ0) is 25.8. The van der Waals surface area contributed by atoms with Gasteiger partial charge in [-0.3, -0.25) is 4.79 Å². The van der Waals surface area contributed by atoms with Crippen LogP contribution in [0.25, 0.3) is 11.3 Å². The van der Waals surface area contributed by atoms with E-state index in [0.717, 1.165) is 17.2 Å². The Balaban J connectivity index is 1.38. The molecule has 0 spiro atoms. The van der Waals surface area contributed by atoms with Crippen LogP contribution < -0.4 is 0 Å². The number of carboxylic acids is 1. The Labute approximate surface area is 207 Å². The van der Waals surface area contributed by atoms with Gasteiger partial charge in [0.05, 0.1) is 18.8 Å². The number of ether oxygens (including phenoxy) is 1. The van der Waals surface area contributed by atoms with Crippen LogP contribution in [0.3, 0.4) is 0 Å².